The van der Waals surface area contributed by atoms with Gasteiger partial charge in [-0.15, -0.1) is 0 Å². The van der Waals surface area contributed by atoms with Crippen molar-refractivity contribution in [2.75, 3.05) is 27.2 Å². The Bertz CT molecular complexity index is 259. The minimum Gasteiger partial charge on any atom is -0.492 e. The van der Waals surface area contributed by atoms with Gasteiger partial charge in [0.15, 0.2) is 0 Å². The van der Waals surface area contributed by atoms with Gasteiger partial charge in [-0.25, -0.2) is 0 Å². The number of rotatable bonds is 5. The van der Waals surface area contributed by atoms with Crippen molar-refractivity contribution in [3.63, 3.8) is 0 Å². The molecule has 0 N–H and O–H groups in total. The van der Waals surface area contributed by atoms with E-state index in [4.69, 9.17) is 4.74 Å². The molecule has 0 unspecified atom stereocenters. The van der Waals surface area contributed by atoms with Gasteiger partial charge in [0, 0.05) is 27.6 Å². The number of aryl methyl sites for hydroxylation is 1. The van der Waals surface area contributed by atoms with Gasteiger partial charge < -0.3 is 9.64 Å². The predicted molar refractivity (Wildman–Crippen MR) is 59.9 cm³/mol. The molecular weight excluding hydrogens is 270 g/mol. The molecule has 0 saturated carbocycles. The molecule has 0 bridgehead atoms. The number of nitrogens with zero attached hydrogens (tertiary/aromatic N) is 1. The van der Waals surface area contributed by atoms with E-state index in [-0.39, 0.29) is 21.1 Å². The fourth-order valence-electron chi connectivity index (χ4n) is 1.17. The molecule has 0 heterocycles. The molecule has 0 radical (unpaired) electrons. The van der Waals surface area contributed by atoms with E-state index in [1.165, 1.54) is 5.56 Å². The maximum absolute atomic E-state index is 5.57. The maximum Gasteiger partial charge on any atom is 0.119 e. The molecule has 0 spiro atoms. The summed E-state index contributed by atoms with van der Waals surface area (Å²) in [5.41, 5.74) is 1.35. The number of hydrogen-bond acceptors (Lipinski definition) is 2. The van der Waals surface area contributed by atoms with Gasteiger partial charge in [0.2, 0.25) is 0 Å². The summed E-state index contributed by atoms with van der Waals surface area (Å²) in [5, 5.41) is 0. The van der Waals surface area contributed by atoms with Crippen LogP contribution >= 0.6 is 0 Å². The molecule has 0 aliphatic rings. The molecule has 0 atom stereocenters. The molecule has 3 heteroatoms. The summed E-state index contributed by atoms with van der Waals surface area (Å²) in [7, 11) is 4.09. The molecule has 1 aromatic carbocycles. The zero-order chi connectivity index (χ0) is 10.4. The number of benzene rings is 1. The van der Waals surface area contributed by atoms with Crippen LogP contribution in [0.5, 0.6) is 5.75 Å². The third-order valence-electron chi connectivity index (χ3n) is 2.14. The molecule has 1 aromatic rings. The first-order chi connectivity index (χ1) is 6.72. The predicted octanol–water partition coefficient (Wildman–Crippen LogP) is 2.19. The Labute approximate surface area is 107 Å². The minimum atomic E-state index is 0. The second kappa shape index (κ2) is 7.90. The van der Waals surface area contributed by atoms with E-state index in [0.717, 1.165) is 25.3 Å². The monoisotopic (exact) mass is 291 g/mol. The Balaban J connectivity index is 0.00000196. The van der Waals surface area contributed by atoms with Crippen molar-refractivity contribution in [1.29, 1.82) is 0 Å². The van der Waals surface area contributed by atoms with Gasteiger partial charge in [-0.05, 0) is 38.2 Å². The molecule has 0 amide bonds. The number of ether oxygens (including phenoxy) is 1. The molecule has 1 rings (SSSR count). The maximum atomic E-state index is 5.57. The Kier molecular flexibility index (Phi) is 7.72. The third kappa shape index (κ3) is 5.96. The first-order valence-electron chi connectivity index (χ1n) is 5.09. The number of likely N-dealkylation sites (N-methyl/N-ethyl adjacent to an activating group) is 1. The van der Waals surface area contributed by atoms with Gasteiger partial charge in [-0.1, -0.05) is 19.1 Å². The fraction of sp³-hybridized carbons (Fsp3) is 0.500. The molecule has 2 nitrogen and oxygen atoms in total. The summed E-state index contributed by atoms with van der Waals surface area (Å²) in [4.78, 5) is 2.11. The molecule has 0 fully saturated rings. The van der Waals surface area contributed by atoms with Crippen LogP contribution in [0.1, 0.15) is 12.5 Å². The SMILES string of the molecule is CCc1ccc(OCCN(C)C)cc1.[Mo]. The van der Waals surface area contributed by atoms with E-state index >= 15 is 0 Å². The first kappa shape index (κ1) is 14.7. The van der Waals surface area contributed by atoms with Crippen molar-refractivity contribution in [2.24, 2.45) is 0 Å². The van der Waals surface area contributed by atoms with Crippen LogP contribution in [0.4, 0.5) is 0 Å². The first-order valence-corrected chi connectivity index (χ1v) is 5.09. The summed E-state index contributed by atoms with van der Waals surface area (Å²) in [6, 6.07) is 8.30. The molecule has 84 valence electrons. The van der Waals surface area contributed by atoms with E-state index in [1.807, 2.05) is 26.2 Å². The van der Waals surface area contributed by atoms with Gasteiger partial charge in [-0.2, -0.15) is 0 Å². The van der Waals surface area contributed by atoms with Crippen molar-refractivity contribution in [1.82, 2.24) is 4.90 Å². The number of hydrogen-bond donors (Lipinski definition) is 0. The average Bonchev–Trinajstić information content (AvgIpc) is 2.18. The summed E-state index contributed by atoms with van der Waals surface area (Å²) in [6.07, 6.45) is 1.08. The van der Waals surface area contributed by atoms with Crippen LogP contribution in [0, 0.1) is 0 Å². The van der Waals surface area contributed by atoms with Gasteiger partial charge in [-0.3, -0.25) is 0 Å². The van der Waals surface area contributed by atoms with Crippen LogP contribution in [0.2, 0.25) is 0 Å². The molecule has 0 aliphatic heterocycles. The van der Waals surface area contributed by atoms with Gasteiger partial charge in [0.25, 0.3) is 0 Å². The van der Waals surface area contributed by atoms with Gasteiger partial charge >= 0.3 is 0 Å². The normalized spacial score (nSPS) is 9.87. The van der Waals surface area contributed by atoms with Gasteiger partial charge in [0.1, 0.15) is 12.4 Å². The molecule has 15 heavy (non-hydrogen) atoms. The Morgan fingerprint density at radius 3 is 2.20 bits per heavy atom. The Hall–Kier alpha value is -0.332. The molecule has 0 saturated heterocycles. The van der Waals surface area contributed by atoms with Gasteiger partial charge in [0.05, 0.1) is 0 Å². The fourth-order valence-corrected chi connectivity index (χ4v) is 1.17. The third-order valence-corrected chi connectivity index (χ3v) is 2.14. The van der Waals surface area contributed by atoms with Crippen molar-refractivity contribution in [3.8, 4) is 5.75 Å². The van der Waals surface area contributed by atoms with Crippen molar-refractivity contribution in [2.45, 2.75) is 13.3 Å². The zero-order valence-corrected chi connectivity index (χ0v) is 11.7. The summed E-state index contributed by atoms with van der Waals surface area (Å²) in [5.74, 6) is 0.962. The topological polar surface area (TPSA) is 12.5 Å². The van der Waals surface area contributed by atoms with E-state index in [9.17, 15) is 0 Å². The summed E-state index contributed by atoms with van der Waals surface area (Å²) in [6.45, 7) is 3.86. The van der Waals surface area contributed by atoms with Crippen LogP contribution in [-0.2, 0) is 27.5 Å². The van der Waals surface area contributed by atoms with E-state index in [2.05, 4.69) is 24.0 Å². The van der Waals surface area contributed by atoms with E-state index < -0.39 is 0 Å². The van der Waals surface area contributed by atoms with Crippen molar-refractivity contribution in [3.05, 3.63) is 29.8 Å². The quantitative estimate of drug-likeness (QED) is 0.770. The summed E-state index contributed by atoms with van der Waals surface area (Å²) >= 11 is 0. The molecular formula is C12H19MoNO. The smallest absolute Gasteiger partial charge is 0.119 e. The van der Waals surface area contributed by atoms with E-state index in [1.54, 1.807) is 0 Å². The average molecular weight is 289 g/mol. The minimum absolute atomic E-state index is 0. The second-order valence-corrected chi connectivity index (χ2v) is 3.65. The Morgan fingerprint density at radius 1 is 1.13 bits per heavy atom. The second-order valence-electron chi connectivity index (χ2n) is 3.65. The standard InChI is InChI=1S/C12H19NO.Mo/c1-4-11-5-7-12(8-6-11)14-10-9-13(2)3;/h5-8H,4,9-10H2,1-3H3;. The van der Waals surface area contributed by atoms with Crippen LogP contribution in [-0.4, -0.2) is 32.1 Å². The Morgan fingerprint density at radius 2 is 1.73 bits per heavy atom. The van der Waals surface area contributed by atoms with Crippen molar-refractivity contribution >= 4 is 0 Å². The van der Waals surface area contributed by atoms with Crippen LogP contribution < -0.4 is 4.74 Å². The van der Waals surface area contributed by atoms with Crippen molar-refractivity contribution < 1.29 is 25.8 Å². The molecule has 0 aromatic heterocycles. The largest absolute Gasteiger partial charge is 0.492 e. The zero-order valence-electron chi connectivity index (χ0n) is 9.69. The summed E-state index contributed by atoms with van der Waals surface area (Å²) < 4.78 is 5.57. The van der Waals surface area contributed by atoms with Crippen LogP contribution in [0.15, 0.2) is 24.3 Å². The molecule has 0 aliphatic carbocycles. The van der Waals surface area contributed by atoms with E-state index in [0.29, 0.717) is 0 Å². The van der Waals surface area contributed by atoms with Crippen LogP contribution in [0.25, 0.3) is 0 Å². The van der Waals surface area contributed by atoms with Crippen LogP contribution in [0.3, 0.4) is 0 Å².